The summed E-state index contributed by atoms with van der Waals surface area (Å²) in [6.07, 6.45) is 3.14. The molecular formula is C11H19BrN4O. The molecular weight excluding hydrogens is 284 g/mol. The highest BCUT2D eigenvalue weighted by Gasteiger charge is 2.15. The van der Waals surface area contributed by atoms with E-state index in [0.29, 0.717) is 18.3 Å². The van der Waals surface area contributed by atoms with Gasteiger partial charge in [0.25, 0.3) is 0 Å². The summed E-state index contributed by atoms with van der Waals surface area (Å²) in [5.41, 5.74) is 5.50. The number of hydrogen-bond donors (Lipinski definition) is 3. The van der Waals surface area contributed by atoms with Crippen LogP contribution in [0.15, 0.2) is 10.7 Å². The molecule has 0 aliphatic heterocycles. The Bertz CT molecular complexity index is 357. The fourth-order valence-corrected chi connectivity index (χ4v) is 2.04. The van der Waals surface area contributed by atoms with Gasteiger partial charge in [-0.3, -0.25) is 0 Å². The molecule has 0 fully saturated rings. The van der Waals surface area contributed by atoms with Crippen molar-refractivity contribution in [1.29, 1.82) is 0 Å². The molecule has 0 aromatic carbocycles. The van der Waals surface area contributed by atoms with Crippen LogP contribution in [0.3, 0.4) is 0 Å². The fourth-order valence-electron chi connectivity index (χ4n) is 1.71. The van der Waals surface area contributed by atoms with E-state index in [-0.39, 0.29) is 12.1 Å². The average Bonchev–Trinajstić information content (AvgIpc) is 2.32. The van der Waals surface area contributed by atoms with Crippen molar-refractivity contribution < 1.29 is 5.11 Å². The first-order chi connectivity index (χ1) is 8.08. The standard InChI is InChI=1S/C11H19BrN4O/c1-3-7(4-2)9(17)6-14-10-8(12)5-15-11(13)16-10/h5,7,9,17H,3-4,6H2,1-2H3,(H3,13,14,15,16). The first-order valence-electron chi connectivity index (χ1n) is 5.78. The maximum absolute atomic E-state index is 9.98. The molecule has 1 unspecified atom stereocenters. The SMILES string of the molecule is CCC(CC)C(O)CNc1nc(N)ncc1Br. The Kier molecular flexibility index (Phi) is 5.64. The first kappa shape index (κ1) is 14.2. The van der Waals surface area contributed by atoms with E-state index in [2.05, 4.69) is 45.1 Å². The third kappa shape index (κ3) is 4.12. The molecule has 0 radical (unpaired) electrons. The van der Waals surface area contributed by atoms with Gasteiger partial charge in [-0.05, 0) is 21.8 Å². The van der Waals surface area contributed by atoms with Gasteiger partial charge in [0.1, 0.15) is 5.82 Å². The van der Waals surface area contributed by atoms with E-state index in [4.69, 9.17) is 5.73 Å². The molecule has 1 aromatic heterocycles. The molecule has 6 heteroatoms. The Morgan fingerprint density at radius 2 is 2.12 bits per heavy atom. The lowest BCUT2D eigenvalue weighted by atomic mass is 9.97. The van der Waals surface area contributed by atoms with Crippen molar-refractivity contribution in [2.75, 3.05) is 17.6 Å². The minimum absolute atomic E-state index is 0.215. The number of halogens is 1. The van der Waals surface area contributed by atoms with E-state index in [1.165, 1.54) is 0 Å². The third-order valence-electron chi connectivity index (χ3n) is 2.83. The van der Waals surface area contributed by atoms with Crippen LogP contribution < -0.4 is 11.1 Å². The molecule has 0 aliphatic carbocycles. The average molecular weight is 303 g/mol. The van der Waals surface area contributed by atoms with Gasteiger partial charge in [0, 0.05) is 12.7 Å². The van der Waals surface area contributed by atoms with Gasteiger partial charge in [-0.2, -0.15) is 4.98 Å². The molecule has 96 valence electrons. The highest BCUT2D eigenvalue weighted by Crippen LogP contribution is 2.20. The van der Waals surface area contributed by atoms with Gasteiger partial charge in [-0.25, -0.2) is 4.98 Å². The number of hydrogen-bond acceptors (Lipinski definition) is 5. The lowest BCUT2D eigenvalue weighted by Gasteiger charge is -2.20. The number of nitrogens with one attached hydrogen (secondary N) is 1. The lowest BCUT2D eigenvalue weighted by molar-refractivity contribution is 0.114. The van der Waals surface area contributed by atoms with Crippen LogP contribution >= 0.6 is 15.9 Å². The zero-order valence-corrected chi connectivity index (χ0v) is 11.7. The van der Waals surface area contributed by atoms with Crippen molar-refractivity contribution in [2.24, 2.45) is 5.92 Å². The Morgan fingerprint density at radius 3 is 2.71 bits per heavy atom. The zero-order valence-electron chi connectivity index (χ0n) is 10.2. The van der Waals surface area contributed by atoms with Crippen LogP contribution in [0.4, 0.5) is 11.8 Å². The summed E-state index contributed by atoms with van der Waals surface area (Å²) < 4.78 is 0.739. The van der Waals surface area contributed by atoms with Crippen molar-refractivity contribution >= 4 is 27.7 Å². The van der Waals surface area contributed by atoms with E-state index in [9.17, 15) is 5.11 Å². The molecule has 0 aliphatic rings. The minimum Gasteiger partial charge on any atom is -0.391 e. The molecule has 1 rings (SSSR count). The van der Waals surface area contributed by atoms with Crippen molar-refractivity contribution in [3.8, 4) is 0 Å². The molecule has 1 aromatic rings. The fraction of sp³-hybridized carbons (Fsp3) is 0.636. The summed E-state index contributed by atoms with van der Waals surface area (Å²) >= 11 is 3.33. The number of anilines is 2. The monoisotopic (exact) mass is 302 g/mol. The second-order valence-corrected chi connectivity index (χ2v) is 4.80. The zero-order chi connectivity index (χ0) is 12.8. The Labute approximate surface area is 110 Å². The molecule has 0 saturated heterocycles. The van der Waals surface area contributed by atoms with Crippen molar-refractivity contribution in [2.45, 2.75) is 32.8 Å². The largest absolute Gasteiger partial charge is 0.391 e. The van der Waals surface area contributed by atoms with Crippen LogP contribution in [0.1, 0.15) is 26.7 Å². The predicted octanol–water partition coefficient (Wildman–Crippen LogP) is 2.03. The van der Waals surface area contributed by atoms with Crippen LogP contribution in [-0.2, 0) is 0 Å². The number of nitrogen functional groups attached to an aromatic ring is 1. The molecule has 0 amide bonds. The topological polar surface area (TPSA) is 84.1 Å². The van der Waals surface area contributed by atoms with Gasteiger partial charge in [0.2, 0.25) is 5.95 Å². The molecule has 0 saturated carbocycles. The van der Waals surface area contributed by atoms with Crippen LogP contribution in [-0.4, -0.2) is 27.7 Å². The predicted molar refractivity (Wildman–Crippen MR) is 72.7 cm³/mol. The van der Waals surface area contributed by atoms with Crippen LogP contribution in [0, 0.1) is 5.92 Å². The van der Waals surface area contributed by atoms with Gasteiger partial charge in [-0.15, -0.1) is 0 Å². The Hall–Kier alpha value is -0.880. The second kappa shape index (κ2) is 6.76. The summed E-state index contributed by atoms with van der Waals surface area (Å²) in [6.45, 7) is 4.62. The third-order valence-corrected chi connectivity index (χ3v) is 3.41. The first-order valence-corrected chi connectivity index (χ1v) is 6.57. The molecule has 5 nitrogen and oxygen atoms in total. The minimum atomic E-state index is -0.381. The van der Waals surface area contributed by atoms with Crippen molar-refractivity contribution in [1.82, 2.24) is 9.97 Å². The van der Waals surface area contributed by atoms with Crippen LogP contribution in [0.2, 0.25) is 0 Å². The van der Waals surface area contributed by atoms with Crippen molar-refractivity contribution in [3.05, 3.63) is 10.7 Å². The molecule has 1 heterocycles. The number of aromatic nitrogens is 2. The van der Waals surface area contributed by atoms with E-state index in [1.807, 2.05) is 0 Å². The summed E-state index contributed by atoms with van der Waals surface area (Å²) in [7, 11) is 0. The summed E-state index contributed by atoms with van der Waals surface area (Å²) in [5.74, 6) is 1.13. The van der Waals surface area contributed by atoms with Gasteiger partial charge < -0.3 is 16.2 Å². The van der Waals surface area contributed by atoms with Gasteiger partial charge in [0.15, 0.2) is 0 Å². The highest BCUT2D eigenvalue weighted by atomic mass is 79.9. The van der Waals surface area contributed by atoms with Crippen LogP contribution in [0.25, 0.3) is 0 Å². The van der Waals surface area contributed by atoms with Gasteiger partial charge in [-0.1, -0.05) is 26.7 Å². The smallest absolute Gasteiger partial charge is 0.221 e. The number of nitrogens with two attached hydrogens (primary N) is 1. The van der Waals surface area contributed by atoms with E-state index in [0.717, 1.165) is 17.3 Å². The number of rotatable bonds is 6. The Morgan fingerprint density at radius 1 is 1.47 bits per heavy atom. The van der Waals surface area contributed by atoms with Crippen molar-refractivity contribution in [3.63, 3.8) is 0 Å². The maximum atomic E-state index is 9.98. The normalized spacial score (nSPS) is 12.8. The van der Waals surface area contributed by atoms with E-state index in [1.54, 1.807) is 6.20 Å². The quantitative estimate of drug-likeness (QED) is 0.749. The maximum Gasteiger partial charge on any atom is 0.221 e. The molecule has 0 bridgehead atoms. The lowest BCUT2D eigenvalue weighted by Crippen LogP contribution is -2.28. The molecule has 1 atom stereocenters. The Balaban J connectivity index is 2.57. The number of nitrogens with zero attached hydrogens (tertiary/aromatic N) is 2. The van der Waals surface area contributed by atoms with Crippen LogP contribution in [0.5, 0.6) is 0 Å². The summed E-state index contributed by atoms with van der Waals surface area (Å²) in [4.78, 5) is 7.90. The van der Waals surface area contributed by atoms with Gasteiger partial charge >= 0.3 is 0 Å². The highest BCUT2D eigenvalue weighted by molar-refractivity contribution is 9.10. The summed E-state index contributed by atoms with van der Waals surface area (Å²) in [5, 5.41) is 13.1. The second-order valence-electron chi connectivity index (χ2n) is 3.95. The number of aliphatic hydroxyl groups excluding tert-OH is 1. The van der Waals surface area contributed by atoms with Gasteiger partial charge in [0.05, 0.1) is 10.6 Å². The molecule has 4 N–H and O–H groups in total. The van der Waals surface area contributed by atoms with E-state index < -0.39 is 0 Å². The summed E-state index contributed by atoms with van der Waals surface area (Å²) in [6, 6.07) is 0. The molecule has 0 spiro atoms. The van der Waals surface area contributed by atoms with E-state index >= 15 is 0 Å². The molecule has 17 heavy (non-hydrogen) atoms. The number of aliphatic hydroxyl groups is 1.